The van der Waals surface area contributed by atoms with E-state index in [1.54, 1.807) is 24.3 Å². The molecule has 0 aliphatic carbocycles. The normalized spacial score (nSPS) is 10.0. The second-order valence-corrected chi connectivity index (χ2v) is 3.79. The van der Waals surface area contributed by atoms with Crippen LogP contribution in [0.1, 0.15) is 34.6 Å². The van der Waals surface area contributed by atoms with E-state index in [1.165, 1.54) is 12.1 Å². The molecule has 0 radical (unpaired) electrons. The van der Waals surface area contributed by atoms with Gasteiger partial charge in [-0.1, -0.05) is 59.1 Å². The van der Waals surface area contributed by atoms with Crippen molar-refractivity contribution in [3.63, 3.8) is 0 Å². The number of benzene rings is 1. The quantitative estimate of drug-likeness (QED) is 0.677. The summed E-state index contributed by atoms with van der Waals surface area (Å²) in [7, 11) is 0. The van der Waals surface area contributed by atoms with Crippen LogP contribution in [0.4, 0.5) is 10.1 Å². The fourth-order valence-electron chi connectivity index (χ4n) is 1.37. The van der Waals surface area contributed by atoms with Gasteiger partial charge in [-0.15, -0.1) is 0 Å². The van der Waals surface area contributed by atoms with Crippen LogP contribution in [0.2, 0.25) is 0 Å². The monoisotopic (exact) mass is 304 g/mol. The third kappa shape index (κ3) is 9.59. The number of nitrogens with two attached hydrogens (primary N) is 1. The predicted octanol–water partition coefficient (Wildman–Crippen LogP) is 5.78. The third-order valence-electron chi connectivity index (χ3n) is 2.20. The molecule has 0 fully saturated rings. The SMILES string of the molecule is C=C(/C=C(\N)C(=C)/C=C\C)Nc1cccc(F)c1.CC.CC. The zero-order valence-corrected chi connectivity index (χ0v) is 14.4. The Labute approximate surface area is 134 Å². The molecule has 22 heavy (non-hydrogen) atoms. The lowest BCUT2D eigenvalue weighted by atomic mass is 10.2. The van der Waals surface area contributed by atoms with E-state index >= 15 is 0 Å². The molecule has 0 spiro atoms. The number of halogens is 1. The summed E-state index contributed by atoms with van der Waals surface area (Å²) in [5.74, 6) is -0.303. The average molecular weight is 304 g/mol. The summed E-state index contributed by atoms with van der Waals surface area (Å²) >= 11 is 0. The van der Waals surface area contributed by atoms with Crippen LogP contribution in [-0.2, 0) is 0 Å². The number of anilines is 1. The molecule has 0 saturated heterocycles. The van der Waals surface area contributed by atoms with Crippen molar-refractivity contribution in [3.05, 3.63) is 78.4 Å². The maximum absolute atomic E-state index is 13.0. The second kappa shape index (κ2) is 13.7. The molecule has 3 N–H and O–H groups in total. The molecule has 3 heteroatoms. The highest BCUT2D eigenvalue weighted by atomic mass is 19.1. The largest absolute Gasteiger partial charge is 0.398 e. The van der Waals surface area contributed by atoms with E-state index in [0.29, 0.717) is 22.7 Å². The lowest BCUT2D eigenvalue weighted by molar-refractivity contribution is 0.628. The van der Waals surface area contributed by atoms with Crippen molar-refractivity contribution in [1.29, 1.82) is 0 Å². The van der Waals surface area contributed by atoms with Gasteiger partial charge in [0.15, 0.2) is 0 Å². The van der Waals surface area contributed by atoms with Crippen molar-refractivity contribution >= 4 is 5.69 Å². The molecule has 0 bridgehead atoms. The molecule has 1 aromatic rings. The zero-order chi connectivity index (χ0) is 17.5. The standard InChI is InChI=1S/C15H17FN2.2C2H6/c1-4-6-11(2)15(17)9-12(3)18-14-8-5-7-13(16)10-14;2*1-2/h4-10,18H,2-3,17H2,1H3;2*1-2H3/b6-4-,15-9-;;. The number of nitrogens with one attached hydrogen (secondary N) is 1. The van der Waals surface area contributed by atoms with Crippen LogP contribution in [0.25, 0.3) is 0 Å². The van der Waals surface area contributed by atoms with Crippen LogP contribution in [-0.4, -0.2) is 0 Å². The topological polar surface area (TPSA) is 38.0 Å². The summed E-state index contributed by atoms with van der Waals surface area (Å²) in [5, 5.41) is 2.95. The molecule has 0 aliphatic heterocycles. The van der Waals surface area contributed by atoms with Crippen LogP contribution in [0.3, 0.4) is 0 Å². The fraction of sp³-hybridized carbons (Fsp3) is 0.263. The van der Waals surface area contributed by atoms with Crippen molar-refractivity contribution < 1.29 is 4.39 Å². The minimum absolute atomic E-state index is 0.303. The lowest BCUT2D eigenvalue weighted by Crippen LogP contribution is -2.03. The lowest BCUT2D eigenvalue weighted by Gasteiger charge is -2.07. The van der Waals surface area contributed by atoms with E-state index in [4.69, 9.17) is 5.73 Å². The van der Waals surface area contributed by atoms with E-state index in [-0.39, 0.29) is 5.82 Å². The van der Waals surface area contributed by atoms with Crippen molar-refractivity contribution in [3.8, 4) is 0 Å². The summed E-state index contributed by atoms with van der Waals surface area (Å²) in [6, 6.07) is 6.14. The fourth-order valence-corrected chi connectivity index (χ4v) is 1.37. The van der Waals surface area contributed by atoms with Crippen LogP contribution < -0.4 is 11.1 Å². The molecule has 122 valence electrons. The van der Waals surface area contributed by atoms with Gasteiger partial charge in [0.25, 0.3) is 0 Å². The maximum atomic E-state index is 13.0. The van der Waals surface area contributed by atoms with Crippen LogP contribution in [0.5, 0.6) is 0 Å². The first-order chi connectivity index (χ1) is 10.5. The van der Waals surface area contributed by atoms with Gasteiger partial charge in [0, 0.05) is 17.1 Å². The number of allylic oxidation sites excluding steroid dienone is 3. The van der Waals surface area contributed by atoms with Gasteiger partial charge in [0.05, 0.1) is 0 Å². The minimum atomic E-state index is -0.303. The Balaban J connectivity index is 0. The smallest absolute Gasteiger partial charge is 0.125 e. The Hall–Kier alpha value is -2.29. The summed E-state index contributed by atoms with van der Waals surface area (Å²) in [6.07, 6.45) is 5.32. The minimum Gasteiger partial charge on any atom is -0.398 e. The molecule has 0 amide bonds. The summed E-state index contributed by atoms with van der Waals surface area (Å²) in [4.78, 5) is 0. The molecule has 0 aromatic heterocycles. The van der Waals surface area contributed by atoms with E-state index in [2.05, 4.69) is 18.5 Å². The van der Waals surface area contributed by atoms with Gasteiger partial charge in [-0.25, -0.2) is 4.39 Å². The first-order valence-electron chi connectivity index (χ1n) is 7.53. The van der Waals surface area contributed by atoms with Crippen molar-refractivity contribution in [2.75, 3.05) is 5.32 Å². The van der Waals surface area contributed by atoms with E-state index in [0.717, 1.165) is 0 Å². The van der Waals surface area contributed by atoms with Crippen molar-refractivity contribution in [2.24, 2.45) is 5.73 Å². The van der Waals surface area contributed by atoms with E-state index in [1.807, 2.05) is 40.7 Å². The maximum Gasteiger partial charge on any atom is 0.125 e. The van der Waals surface area contributed by atoms with Gasteiger partial charge < -0.3 is 11.1 Å². The molecule has 0 unspecified atom stereocenters. The molecule has 1 rings (SSSR count). The third-order valence-corrected chi connectivity index (χ3v) is 2.20. The Morgan fingerprint density at radius 2 is 1.77 bits per heavy atom. The first kappa shape index (κ1) is 22.0. The molecule has 0 saturated carbocycles. The Morgan fingerprint density at radius 3 is 2.27 bits per heavy atom. The highest BCUT2D eigenvalue weighted by molar-refractivity contribution is 5.52. The van der Waals surface area contributed by atoms with E-state index < -0.39 is 0 Å². The first-order valence-corrected chi connectivity index (χ1v) is 7.53. The van der Waals surface area contributed by atoms with Crippen LogP contribution >= 0.6 is 0 Å². The van der Waals surface area contributed by atoms with Crippen LogP contribution in [0, 0.1) is 5.82 Å². The Kier molecular flexibility index (Phi) is 13.7. The predicted molar refractivity (Wildman–Crippen MR) is 98.1 cm³/mol. The van der Waals surface area contributed by atoms with Crippen molar-refractivity contribution in [1.82, 2.24) is 0 Å². The molecule has 0 atom stereocenters. The second-order valence-electron chi connectivity index (χ2n) is 3.79. The van der Waals surface area contributed by atoms with Gasteiger partial charge in [-0.3, -0.25) is 0 Å². The summed E-state index contributed by atoms with van der Waals surface area (Å²) in [6.45, 7) is 17.5. The van der Waals surface area contributed by atoms with Gasteiger partial charge in [0.2, 0.25) is 0 Å². The molecule has 2 nitrogen and oxygen atoms in total. The molecule has 0 heterocycles. The van der Waals surface area contributed by atoms with Gasteiger partial charge in [-0.05, 0) is 36.8 Å². The highest BCUT2D eigenvalue weighted by Crippen LogP contribution is 2.13. The van der Waals surface area contributed by atoms with Gasteiger partial charge in [-0.2, -0.15) is 0 Å². The number of rotatable bonds is 5. The summed E-state index contributed by atoms with van der Waals surface area (Å²) in [5.41, 5.74) is 8.25. The number of hydrogen-bond donors (Lipinski definition) is 2. The molecule has 0 aliphatic rings. The molecule has 1 aromatic carbocycles. The van der Waals surface area contributed by atoms with Gasteiger partial charge >= 0.3 is 0 Å². The number of hydrogen-bond acceptors (Lipinski definition) is 2. The van der Waals surface area contributed by atoms with E-state index in [9.17, 15) is 4.39 Å². The average Bonchev–Trinajstić information content (AvgIpc) is 2.51. The molecular weight excluding hydrogens is 275 g/mol. The summed E-state index contributed by atoms with van der Waals surface area (Å²) < 4.78 is 13.0. The van der Waals surface area contributed by atoms with Crippen molar-refractivity contribution in [2.45, 2.75) is 34.6 Å². The van der Waals surface area contributed by atoms with Gasteiger partial charge in [0.1, 0.15) is 5.82 Å². The van der Waals surface area contributed by atoms with Crippen LogP contribution in [0.15, 0.2) is 72.6 Å². The Morgan fingerprint density at radius 1 is 1.18 bits per heavy atom. The highest BCUT2D eigenvalue weighted by Gasteiger charge is 1.98. The Bertz CT molecular complexity index is 514. The molecular formula is C19H29FN2. The zero-order valence-electron chi connectivity index (χ0n) is 14.4.